The van der Waals surface area contributed by atoms with Gasteiger partial charge in [0, 0.05) is 17.6 Å². The number of hydrogen-bond donors (Lipinski definition) is 0. The van der Waals surface area contributed by atoms with E-state index in [0.29, 0.717) is 17.1 Å². The zero-order chi connectivity index (χ0) is 17.9. The van der Waals surface area contributed by atoms with Crippen molar-refractivity contribution >= 4 is 11.7 Å². The molecule has 3 rings (SSSR count). The number of benzene rings is 1. The maximum Gasteiger partial charge on any atom is 0.260 e. The van der Waals surface area contributed by atoms with E-state index in [1.54, 1.807) is 18.2 Å². The summed E-state index contributed by atoms with van der Waals surface area (Å²) in [4.78, 5) is 26.3. The number of carbonyl (C=O) groups excluding carboxylic acids is 2. The molecule has 2 fully saturated rings. The first kappa shape index (κ1) is 17.8. The van der Waals surface area contributed by atoms with Crippen LogP contribution in [-0.4, -0.2) is 42.4 Å². The van der Waals surface area contributed by atoms with Gasteiger partial charge in [0.25, 0.3) is 5.91 Å². The zero-order valence-electron chi connectivity index (χ0n) is 15.2. The highest BCUT2D eigenvalue weighted by atomic mass is 16.5. The van der Waals surface area contributed by atoms with Gasteiger partial charge in [0.2, 0.25) is 0 Å². The largest absolute Gasteiger partial charge is 0.493 e. The van der Waals surface area contributed by atoms with Gasteiger partial charge in [-0.15, -0.1) is 0 Å². The second kappa shape index (κ2) is 7.46. The van der Waals surface area contributed by atoms with Crippen LogP contribution in [0.15, 0.2) is 18.2 Å². The molecule has 1 spiro atoms. The monoisotopic (exact) mass is 345 g/mol. The molecule has 1 heterocycles. The first-order valence-corrected chi connectivity index (χ1v) is 9.18. The van der Waals surface area contributed by atoms with Crippen molar-refractivity contribution < 1.29 is 19.1 Å². The molecule has 2 aliphatic rings. The lowest BCUT2D eigenvalue weighted by atomic mass is 9.80. The fraction of sp³-hybridized carbons (Fsp3) is 0.600. The molecule has 0 unspecified atom stereocenters. The summed E-state index contributed by atoms with van der Waals surface area (Å²) in [6, 6.07) is 5.05. The minimum Gasteiger partial charge on any atom is -0.493 e. The Morgan fingerprint density at radius 1 is 1.08 bits per heavy atom. The van der Waals surface area contributed by atoms with Crippen LogP contribution in [0.5, 0.6) is 11.5 Å². The van der Waals surface area contributed by atoms with Crippen molar-refractivity contribution in [2.45, 2.75) is 57.4 Å². The molecule has 1 aliphatic heterocycles. The maximum absolute atomic E-state index is 12.8. The van der Waals surface area contributed by atoms with Crippen molar-refractivity contribution in [2.75, 3.05) is 20.3 Å². The Kier molecular flexibility index (Phi) is 5.30. The number of ether oxygens (including phenoxy) is 2. The predicted octanol–water partition coefficient (Wildman–Crippen LogP) is 3.60. The molecule has 1 amide bonds. The third-order valence-electron chi connectivity index (χ3n) is 5.60. The molecular formula is C20H27NO4. The van der Waals surface area contributed by atoms with Gasteiger partial charge < -0.3 is 14.4 Å². The number of ketones is 1. The highest BCUT2D eigenvalue weighted by molar-refractivity contribution is 5.94. The lowest BCUT2D eigenvalue weighted by molar-refractivity contribution is -0.138. The molecule has 1 saturated carbocycles. The van der Waals surface area contributed by atoms with E-state index in [1.165, 1.54) is 33.3 Å². The molecule has 0 N–H and O–H groups in total. The van der Waals surface area contributed by atoms with Gasteiger partial charge in [0.05, 0.1) is 7.11 Å². The third-order valence-corrected chi connectivity index (χ3v) is 5.60. The van der Waals surface area contributed by atoms with Gasteiger partial charge in [-0.25, -0.2) is 0 Å². The van der Waals surface area contributed by atoms with E-state index in [0.717, 1.165) is 32.2 Å². The molecule has 0 atom stereocenters. The van der Waals surface area contributed by atoms with Crippen LogP contribution >= 0.6 is 0 Å². The summed E-state index contributed by atoms with van der Waals surface area (Å²) < 4.78 is 11.0. The highest BCUT2D eigenvalue weighted by Crippen LogP contribution is 2.41. The Hall–Kier alpha value is -2.04. The number of nitrogens with zero attached hydrogens (tertiary/aromatic N) is 1. The van der Waals surface area contributed by atoms with E-state index in [9.17, 15) is 9.59 Å². The number of amides is 1. The number of Topliss-reactive ketones (excluding diaryl/α,β-unsaturated/α-hetero) is 1. The van der Waals surface area contributed by atoms with Gasteiger partial charge in [0.15, 0.2) is 23.9 Å². The van der Waals surface area contributed by atoms with Crippen LogP contribution in [0.3, 0.4) is 0 Å². The van der Waals surface area contributed by atoms with Crippen LogP contribution in [0.2, 0.25) is 0 Å². The number of rotatable bonds is 5. The SMILES string of the molecule is COc1cc(C(C)=O)ccc1OCC(=O)N1CCCC12CCCCC2. The van der Waals surface area contributed by atoms with Crippen LogP contribution in [0.25, 0.3) is 0 Å². The van der Waals surface area contributed by atoms with Crippen molar-refractivity contribution in [2.24, 2.45) is 0 Å². The molecule has 0 bridgehead atoms. The predicted molar refractivity (Wildman–Crippen MR) is 95.3 cm³/mol. The Morgan fingerprint density at radius 3 is 2.48 bits per heavy atom. The zero-order valence-corrected chi connectivity index (χ0v) is 15.2. The van der Waals surface area contributed by atoms with Crippen molar-refractivity contribution in [3.63, 3.8) is 0 Å². The van der Waals surface area contributed by atoms with Crippen LogP contribution in [0, 0.1) is 0 Å². The summed E-state index contributed by atoms with van der Waals surface area (Å²) in [6.07, 6.45) is 8.15. The smallest absolute Gasteiger partial charge is 0.260 e. The fourth-order valence-electron chi connectivity index (χ4n) is 4.28. The van der Waals surface area contributed by atoms with Crippen molar-refractivity contribution in [3.8, 4) is 11.5 Å². The molecule has 5 heteroatoms. The van der Waals surface area contributed by atoms with E-state index in [1.807, 2.05) is 0 Å². The lowest BCUT2D eigenvalue weighted by Crippen LogP contribution is -2.50. The molecule has 1 aromatic carbocycles. The Morgan fingerprint density at radius 2 is 1.80 bits per heavy atom. The minimum absolute atomic E-state index is 0.0114. The molecule has 0 radical (unpaired) electrons. The maximum atomic E-state index is 12.8. The summed E-state index contributed by atoms with van der Waals surface area (Å²) in [5.74, 6) is 1.00. The Balaban J connectivity index is 1.67. The second-order valence-electron chi connectivity index (χ2n) is 7.14. The van der Waals surface area contributed by atoms with Gasteiger partial charge in [0.1, 0.15) is 0 Å². The molecule has 1 aromatic rings. The topological polar surface area (TPSA) is 55.8 Å². The molecular weight excluding hydrogens is 318 g/mol. The normalized spacial score (nSPS) is 19.0. The van der Waals surface area contributed by atoms with Gasteiger partial charge in [-0.1, -0.05) is 19.3 Å². The van der Waals surface area contributed by atoms with E-state index in [-0.39, 0.29) is 23.8 Å². The van der Waals surface area contributed by atoms with Crippen LogP contribution < -0.4 is 9.47 Å². The van der Waals surface area contributed by atoms with Gasteiger partial charge in [-0.2, -0.15) is 0 Å². The lowest BCUT2D eigenvalue weighted by Gasteiger charge is -2.41. The van der Waals surface area contributed by atoms with Gasteiger partial charge in [-0.05, 0) is 50.8 Å². The number of methoxy groups -OCH3 is 1. The molecule has 1 aliphatic carbocycles. The quantitative estimate of drug-likeness (QED) is 0.765. The van der Waals surface area contributed by atoms with Crippen LogP contribution in [0.4, 0.5) is 0 Å². The summed E-state index contributed by atoms with van der Waals surface area (Å²) in [5, 5.41) is 0. The highest BCUT2D eigenvalue weighted by Gasteiger charge is 2.43. The summed E-state index contributed by atoms with van der Waals surface area (Å²) in [5.41, 5.74) is 0.637. The summed E-state index contributed by atoms with van der Waals surface area (Å²) in [7, 11) is 1.53. The summed E-state index contributed by atoms with van der Waals surface area (Å²) >= 11 is 0. The first-order chi connectivity index (χ1) is 12.1. The molecule has 25 heavy (non-hydrogen) atoms. The Bertz CT molecular complexity index is 649. The molecule has 0 aromatic heterocycles. The number of hydrogen-bond acceptors (Lipinski definition) is 4. The average Bonchev–Trinajstić information content (AvgIpc) is 3.02. The van der Waals surface area contributed by atoms with E-state index in [4.69, 9.17) is 9.47 Å². The van der Waals surface area contributed by atoms with Crippen molar-refractivity contribution in [1.82, 2.24) is 4.90 Å². The van der Waals surface area contributed by atoms with Gasteiger partial charge >= 0.3 is 0 Å². The standard InChI is InChI=1S/C20H27NO4/c1-15(22)16-7-8-17(18(13-16)24-2)25-14-19(23)21-12-6-11-20(21)9-4-3-5-10-20/h7-8,13H,3-6,9-12,14H2,1-2H3. The van der Waals surface area contributed by atoms with Crippen LogP contribution in [-0.2, 0) is 4.79 Å². The molecule has 136 valence electrons. The second-order valence-corrected chi connectivity index (χ2v) is 7.14. The number of likely N-dealkylation sites (tertiary alicyclic amines) is 1. The van der Waals surface area contributed by atoms with Crippen molar-refractivity contribution in [3.05, 3.63) is 23.8 Å². The minimum atomic E-state index is -0.0303. The van der Waals surface area contributed by atoms with Crippen LogP contribution in [0.1, 0.15) is 62.2 Å². The van der Waals surface area contributed by atoms with E-state index in [2.05, 4.69) is 4.90 Å². The molecule has 5 nitrogen and oxygen atoms in total. The third kappa shape index (κ3) is 3.65. The van der Waals surface area contributed by atoms with Crippen molar-refractivity contribution in [1.29, 1.82) is 0 Å². The fourth-order valence-corrected chi connectivity index (χ4v) is 4.28. The van der Waals surface area contributed by atoms with Gasteiger partial charge in [-0.3, -0.25) is 9.59 Å². The first-order valence-electron chi connectivity index (χ1n) is 9.18. The summed E-state index contributed by atoms with van der Waals surface area (Å²) in [6.45, 7) is 2.36. The average molecular weight is 345 g/mol. The Labute approximate surface area is 149 Å². The van der Waals surface area contributed by atoms with E-state index >= 15 is 0 Å². The van der Waals surface area contributed by atoms with E-state index < -0.39 is 0 Å². The molecule has 1 saturated heterocycles. The number of carbonyl (C=O) groups is 2.